The monoisotopic (exact) mass is 368 g/mol. The molecule has 0 radical (unpaired) electrons. The molecule has 0 amide bonds. The van der Waals surface area contributed by atoms with Crippen molar-refractivity contribution in [3.8, 4) is 0 Å². The van der Waals surface area contributed by atoms with E-state index in [4.69, 9.17) is 10.5 Å². The lowest BCUT2D eigenvalue weighted by atomic mass is 10.3. The molecule has 0 aromatic heterocycles. The van der Waals surface area contributed by atoms with Crippen molar-refractivity contribution in [2.75, 3.05) is 32.1 Å². The van der Waals surface area contributed by atoms with Gasteiger partial charge in [0.05, 0.1) is 30.3 Å². The van der Waals surface area contributed by atoms with E-state index in [0.717, 1.165) is 10.4 Å². The zero-order valence-corrected chi connectivity index (χ0v) is 12.8. The van der Waals surface area contributed by atoms with Crippen molar-refractivity contribution >= 4 is 31.6 Å². The first-order valence-corrected chi connectivity index (χ1v) is 8.06. The first-order chi connectivity index (χ1) is 9.37. The van der Waals surface area contributed by atoms with Crippen molar-refractivity contribution < 1.29 is 22.7 Å². The van der Waals surface area contributed by atoms with E-state index in [2.05, 4.69) is 15.9 Å². The third-order valence-corrected chi connectivity index (χ3v) is 5.52. The molecule has 0 spiro atoms. The number of nitrogens with zero attached hydrogens (tertiary/aromatic N) is 1. The third kappa shape index (κ3) is 2.82. The summed E-state index contributed by atoms with van der Waals surface area (Å²) in [5.74, 6) is -0.901. The van der Waals surface area contributed by atoms with Gasteiger partial charge < -0.3 is 15.6 Å². The minimum Gasteiger partial charge on any atom is -0.399 e. The SMILES string of the molecule is Nc1cc(Br)c(F)c(S(=O)(=O)N2CCOCC2CO)c1. The molecule has 0 aliphatic carbocycles. The van der Waals surface area contributed by atoms with Crippen LogP contribution in [0.2, 0.25) is 0 Å². The molecule has 0 bridgehead atoms. The molecule has 1 heterocycles. The Morgan fingerprint density at radius 3 is 2.90 bits per heavy atom. The molecule has 3 N–H and O–H groups in total. The van der Waals surface area contributed by atoms with Gasteiger partial charge >= 0.3 is 0 Å². The molecule has 6 nitrogen and oxygen atoms in total. The molecule has 1 aliphatic heterocycles. The highest BCUT2D eigenvalue weighted by Gasteiger charge is 2.36. The van der Waals surface area contributed by atoms with E-state index < -0.39 is 33.4 Å². The Kier molecular flexibility index (Phi) is 4.65. The summed E-state index contributed by atoms with van der Waals surface area (Å²) < 4.78 is 45.2. The Balaban J connectivity index is 2.49. The second-order valence-corrected chi connectivity index (χ2v) is 7.06. The molecule has 9 heteroatoms. The molecule has 1 aliphatic rings. The topological polar surface area (TPSA) is 92.9 Å². The van der Waals surface area contributed by atoms with Crippen LogP contribution in [0.1, 0.15) is 0 Å². The number of benzene rings is 1. The van der Waals surface area contributed by atoms with Gasteiger partial charge in [-0.05, 0) is 28.1 Å². The first-order valence-electron chi connectivity index (χ1n) is 5.83. The number of rotatable bonds is 3. The molecular weight excluding hydrogens is 355 g/mol. The fourth-order valence-electron chi connectivity index (χ4n) is 2.00. The molecule has 2 rings (SSSR count). The number of anilines is 1. The van der Waals surface area contributed by atoms with E-state index in [9.17, 15) is 17.9 Å². The maximum Gasteiger partial charge on any atom is 0.246 e. The van der Waals surface area contributed by atoms with Gasteiger partial charge in [-0.1, -0.05) is 0 Å². The highest BCUT2D eigenvalue weighted by atomic mass is 79.9. The molecule has 1 aromatic carbocycles. The number of halogens is 2. The van der Waals surface area contributed by atoms with Gasteiger partial charge in [0.2, 0.25) is 10.0 Å². The van der Waals surface area contributed by atoms with Gasteiger partial charge in [-0.3, -0.25) is 0 Å². The Morgan fingerprint density at radius 1 is 1.55 bits per heavy atom. The van der Waals surface area contributed by atoms with Gasteiger partial charge in [-0.25, -0.2) is 12.8 Å². The lowest BCUT2D eigenvalue weighted by Gasteiger charge is -2.33. The lowest BCUT2D eigenvalue weighted by molar-refractivity contribution is 0.0108. The van der Waals surface area contributed by atoms with Gasteiger partial charge in [0.25, 0.3) is 0 Å². The molecule has 1 saturated heterocycles. The van der Waals surface area contributed by atoms with Crippen molar-refractivity contribution in [1.29, 1.82) is 0 Å². The molecule has 112 valence electrons. The summed E-state index contributed by atoms with van der Waals surface area (Å²) in [6.07, 6.45) is 0. The second-order valence-electron chi connectivity index (χ2n) is 4.34. The van der Waals surface area contributed by atoms with Crippen LogP contribution in [0.4, 0.5) is 10.1 Å². The molecule has 20 heavy (non-hydrogen) atoms. The van der Waals surface area contributed by atoms with Crippen LogP contribution in [0.5, 0.6) is 0 Å². The quantitative estimate of drug-likeness (QED) is 0.760. The first kappa shape index (κ1) is 15.6. The fraction of sp³-hybridized carbons (Fsp3) is 0.455. The summed E-state index contributed by atoms with van der Waals surface area (Å²) in [7, 11) is -4.09. The van der Waals surface area contributed by atoms with Gasteiger partial charge in [0.1, 0.15) is 4.90 Å². The van der Waals surface area contributed by atoms with Crippen LogP contribution in [0.3, 0.4) is 0 Å². The summed E-state index contributed by atoms with van der Waals surface area (Å²) in [6, 6.07) is 1.63. The largest absolute Gasteiger partial charge is 0.399 e. The third-order valence-electron chi connectivity index (χ3n) is 2.99. The van der Waals surface area contributed by atoms with Crippen LogP contribution in [-0.4, -0.2) is 50.2 Å². The van der Waals surface area contributed by atoms with Crippen molar-refractivity contribution in [3.63, 3.8) is 0 Å². The number of morpholine rings is 1. The molecule has 1 fully saturated rings. The minimum absolute atomic E-state index is 0.0233. The number of aliphatic hydroxyl groups excluding tert-OH is 1. The van der Waals surface area contributed by atoms with Crippen molar-refractivity contribution in [3.05, 3.63) is 22.4 Å². The lowest BCUT2D eigenvalue weighted by Crippen LogP contribution is -2.50. The summed E-state index contributed by atoms with van der Waals surface area (Å²) in [5, 5.41) is 9.24. The van der Waals surface area contributed by atoms with Crippen molar-refractivity contribution in [2.24, 2.45) is 0 Å². The smallest absolute Gasteiger partial charge is 0.246 e. The molecule has 1 aromatic rings. The second kappa shape index (κ2) is 5.94. The number of hydrogen-bond acceptors (Lipinski definition) is 5. The average molecular weight is 369 g/mol. The minimum atomic E-state index is -4.09. The normalized spacial score (nSPS) is 21.1. The van der Waals surface area contributed by atoms with E-state index in [-0.39, 0.29) is 29.9 Å². The Labute approximate surface area is 124 Å². The number of ether oxygens (including phenoxy) is 1. The van der Waals surface area contributed by atoms with E-state index in [0.29, 0.717) is 0 Å². The summed E-state index contributed by atoms with van der Waals surface area (Å²) in [4.78, 5) is -0.510. The number of nitrogen functional groups attached to an aromatic ring is 1. The zero-order chi connectivity index (χ0) is 14.9. The number of nitrogens with two attached hydrogens (primary N) is 1. The van der Waals surface area contributed by atoms with E-state index in [1.54, 1.807) is 0 Å². The van der Waals surface area contributed by atoms with E-state index in [1.807, 2.05) is 0 Å². The van der Waals surface area contributed by atoms with Gasteiger partial charge in [0, 0.05) is 12.2 Å². The van der Waals surface area contributed by atoms with E-state index in [1.165, 1.54) is 6.07 Å². The molecule has 0 saturated carbocycles. The number of hydrogen-bond donors (Lipinski definition) is 2. The van der Waals surface area contributed by atoms with Crippen LogP contribution in [0, 0.1) is 5.82 Å². The van der Waals surface area contributed by atoms with Gasteiger partial charge in [-0.15, -0.1) is 0 Å². The average Bonchev–Trinajstić information content (AvgIpc) is 2.42. The Morgan fingerprint density at radius 2 is 2.25 bits per heavy atom. The van der Waals surface area contributed by atoms with Crippen LogP contribution in [0.25, 0.3) is 0 Å². The summed E-state index contributed by atoms with van der Waals surface area (Å²) in [5.41, 5.74) is 5.70. The zero-order valence-electron chi connectivity index (χ0n) is 10.4. The summed E-state index contributed by atoms with van der Waals surface area (Å²) >= 11 is 2.93. The molecular formula is C11H14BrFN2O4S. The maximum absolute atomic E-state index is 14.1. The molecule has 1 unspecified atom stereocenters. The number of sulfonamides is 1. The van der Waals surface area contributed by atoms with Crippen molar-refractivity contribution in [1.82, 2.24) is 4.31 Å². The Hall–Kier alpha value is -0.740. The van der Waals surface area contributed by atoms with Gasteiger partial charge in [-0.2, -0.15) is 4.31 Å². The standard InChI is InChI=1S/C11H14BrFN2O4S/c12-9-3-7(14)4-10(11(9)13)20(17,18)15-1-2-19-6-8(15)5-16/h3-4,8,16H,1-2,5-6,14H2. The van der Waals surface area contributed by atoms with Crippen LogP contribution >= 0.6 is 15.9 Å². The van der Waals surface area contributed by atoms with E-state index >= 15 is 0 Å². The van der Waals surface area contributed by atoms with Crippen molar-refractivity contribution in [2.45, 2.75) is 10.9 Å². The van der Waals surface area contributed by atoms with Gasteiger partial charge in [0.15, 0.2) is 5.82 Å². The predicted octanol–water partition coefficient (Wildman–Crippen LogP) is 0.552. The fourth-order valence-corrected chi connectivity index (χ4v) is 4.32. The highest BCUT2D eigenvalue weighted by molar-refractivity contribution is 9.10. The van der Waals surface area contributed by atoms with Crippen LogP contribution in [0.15, 0.2) is 21.5 Å². The maximum atomic E-state index is 14.1. The predicted molar refractivity (Wildman–Crippen MR) is 74.1 cm³/mol. The summed E-state index contributed by atoms with van der Waals surface area (Å²) in [6.45, 7) is -0.0780. The van der Waals surface area contributed by atoms with Crippen LogP contribution in [-0.2, 0) is 14.8 Å². The molecule has 1 atom stereocenters. The van der Waals surface area contributed by atoms with Crippen LogP contribution < -0.4 is 5.73 Å². The Bertz CT molecular complexity index is 611. The highest BCUT2D eigenvalue weighted by Crippen LogP contribution is 2.29. The number of aliphatic hydroxyl groups is 1.